The molecule has 0 aromatic carbocycles. The molecule has 0 aromatic heterocycles. The lowest BCUT2D eigenvalue weighted by Gasteiger charge is -2.47. The van der Waals surface area contributed by atoms with Gasteiger partial charge in [0.05, 0.1) is 6.10 Å². The minimum Gasteiger partial charge on any atom is -0.407 e. The molecule has 0 saturated carbocycles. The van der Waals surface area contributed by atoms with E-state index in [0.29, 0.717) is 23.0 Å². The summed E-state index contributed by atoms with van der Waals surface area (Å²) in [5.74, 6) is -0.860. The fourth-order valence-corrected chi connectivity index (χ4v) is 11.5. The molecule has 7 heteroatoms. The van der Waals surface area contributed by atoms with E-state index in [2.05, 4.69) is 41.5 Å². The Balaban J connectivity index is 2.31. The third-order valence-electron chi connectivity index (χ3n) is 7.26. The number of rotatable bonds is 12. The van der Waals surface area contributed by atoms with Gasteiger partial charge in [0, 0.05) is 14.2 Å². The van der Waals surface area contributed by atoms with Gasteiger partial charge in [-0.1, -0.05) is 47.6 Å². The molecule has 0 radical (unpaired) electrons. The predicted molar refractivity (Wildman–Crippen MR) is 129 cm³/mol. The van der Waals surface area contributed by atoms with Crippen LogP contribution in [0.5, 0.6) is 0 Å². The van der Waals surface area contributed by atoms with Gasteiger partial charge in [-0.3, -0.25) is 4.79 Å². The Bertz CT molecular complexity index is 633. The van der Waals surface area contributed by atoms with Crippen LogP contribution in [0.3, 0.4) is 0 Å². The highest BCUT2D eigenvalue weighted by Crippen LogP contribution is 2.49. The quantitative estimate of drug-likeness (QED) is 0.205. The molecule has 2 aliphatic rings. The second-order valence-corrected chi connectivity index (χ2v) is 16.1. The summed E-state index contributed by atoms with van der Waals surface area (Å²) in [5.41, 5.74) is 0.318. The van der Waals surface area contributed by atoms with Crippen LogP contribution in [0.4, 0.5) is 0 Å². The Labute approximate surface area is 196 Å². The van der Waals surface area contributed by atoms with Crippen LogP contribution >= 0.6 is 0 Å². The van der Waals surface area contributed by atoms with E-state index in [1.807, 2.05) is 19.9 Å². The van der Waals surface area contributed by atoms with Gasteiger partial charge in [-0.25, -0.2) is 0 Å². The number of carbonyl (C=O) groups is 1. The monoisotopic (exact) mass is 470 g/mol. The van der Waals surface area contributed by atoms with Gasteiger partial charge < -0.3 is 23.4 Å². The van der Waals surface area contributed by atoms with E-state index in [9.17, 15) is 4.79 Å². The van der Waals surface area contributed by atoms with Crippen LogP contribution in [-0.4, -0.2) is 58.2 Å². The molecular weight excluding hydrogens is 424 g/mol. The van der Waals surface area contributed by atoms with Crippen molar-refractivity contribution in [2.45, 2.75) is 128 Å². The Morgan fingerprint density at radius 2 is 1.56 bits per heavy atom. The summed E-state index contributed by atoms with van der Waals surface area (Å²) in [4.78, 5) is 13.3. The number of hydrogen-bond donors (Lipinski definition) is 0. The highest BCUT2D eigenvalue weighted by atomic mass is 28.4. The fraction of sp³-hybridized carbons (Fsp3) is 0.880. The van der Waals surface area contributed by atoms with E-state index in [1.165, 1.54) is 0 Å². The van der Waals surface area contributed by atoms with E-state index < -0.39 is 25.8 Å². The highest BCUT2D eigenvalue weighted by Gasteiger charge is 2.62. The number of ether oxygens (including phenoxy) is 4. The maximum absolute atomic E-state index is 13.3. The topological polar surface area (TPSA) is 63.2 Å². The number of carbonyl (C=O) groups excluding carboxylic acids is 1. The summed E-state index contributed by atoms with van der Waals surface area (Å²) in [7, 11) is 1.12. The predicted octanol–water partition coefficient (Wildman–Crippen LogP) is 5.76. The minimum atomic E-state index is -2.17. The van der Waals surface area contributed by atoms with Crippen LogP contribution in [0.1, 0.15) is 81.1 Å². The molecule has 2 rings (SSSR count). The van der Waals surface area contributed by atoms with Crippen molar-refractivity contribution in [2.24, 2.45) is 0 Å². The van der Waals surface area contributed by atoms with Crippen molar-refractivity contribution in [3.8, 4) is 0 Å². The Morgan fingerprint density at radius 3 is 2.06 bits per heavy atom. The smallest absolute Gasteiger partial charge is 0.201 e. The maximum atomic E-state index is 13.3. The lowest BCUT2D eigenvalue weighted by molar-refractivity contribution is -0.171. The molecule has 0 bridgehead atoms. The van der Waals surface area contributed by atoms with Crippen molar-refractivity contribution in [2.75, 3.05) is 14.2 Å². The van der Waals surface area contributed by atoms with Gasteiger partial charge in [0.25, 0.3) is 0 Å². The molecule has 0 N–H and O–H groups in total. The molecular formula is C25H46O6Si. The van der Waals surface area contributed by atoms with Crippen LogP contribution in [0, 0.1) is 0 Å². The summed E-state index contributed by atoms with van der Waals surface area (Å²) in [6, 6.07) is 0. The Morgan fingerprint density at radius 1 is 1.00 bits per heavy atom. The largest absolute Gasteiger partial charge is 0.407 e. The van der Waals surface area contributed by atoms with Gasteiger partial charge in [0.1, 0.15) is 6.10 Å². The molecule has 186 valence electrons. The normalized spacial score (nSPS) is 27.9. The number of ketones is 1. The number of fused-ring (bicyclic) bond motifs is 1. The van der Waals surface area contributed by atoms with Gasteiger partial charge in [-0.2, -0.15) is 0 Å². The first kappa shape index (κ1) is 27.7. The Kier molecular flexibility index (Phi) is 9.33. The summed E-state index contributed by atoms with van der Waals surface area (Å²) < 4.78 is 30.5. The van der Waals surface area contributed by atoms with Crippen molar-refractivity contribution >= 4 is 14.1 Å². The molecule has 32 heavy (non-hydrogen) atoms. The summed E-state index contributed by atoms with van der Waals surface area (Å²) >= 11 is 0. The molecule has 1 heterocycles. The van der Waals surface area contributed by atoms with Gasteiger partial charge >= 0.3 is 0 Å². The second-order valence-electron chi connectivity index (χ2n) is 10.7. The van der Waals surface area contributed by atoms with Crippen molar-refractivity contribution in [3.05, 3.63) is 12.2 Å². The molecule has 3 atom stereocenters. The average molecular weight is 471 g/mol. The molecule has 1 fully saturated rings. The molecule has 1 aliphatic carbocycles. The van der Waals surface area contributed by atoms with E-state index in [0.717, 1.165) is 19.3 Å². The maximum Gasteiger partial charge on any atom is 0.201 e. The Hall–Kier alpha value is -0.573. The number of unbranched alkanes of at least 4 members (excludes halogenated alkanes) is 1. The summed E-state index contributed by atoms with van der Waals surface area (Å²) in [6.07, 6.45) is 5.65. The fourth-order valence-electron chi connectivity index (χ4n) is 5.96. The first-order valence-electron chi connectivity index (χ1n) is 12.2. The average Bonchev–Trinajstić information content (AvgIpc) is 2.99. The summed E-state index contributed by atoms with van der Waals surface area (Å²) in [6.45, 7) is 17.4. The van der Waals surface area contributed by atoms with Crippen molar-refractivity contribution in [3.63, 3.8) is 0 Å². The number of hydrogen-bond acceptors (Lipinski definition) is 6. The highest BCUT2D eigenvalue weighted by molar-refractivity contribution is 6.77. The van der Waals surface area contributed by atoms with Gasteiger partial charge in [-0.05, 0) is 62.2 Å². The number of methoxy groups -OCH3 is 2. The second kappa shape index (κ2) is 10.8. The lowest BCUT2D eigenvalue weighted by atomic mass is 9.80. The molecule has 0 aromatic rings. The SMILES string of the molecule is COC(CCCC[C@@]12OC(C)(C)O[C@@H]1[C@@H](O[Si](C(C)C)(C(C)C)C(C)C)C=CC2=O)OC. The zero-order valence-corrected chi connectivity index (χ0v) is 22.9. The first-order valence-corrected chi connectivity index (χ1v) is 14.3. The van der Waals surface area contributed by atoms with Crippen LogP contribution in [0.15, 0.2) is 12.2 Å². The van der Waals surface area contributed by atoms with Gasteiger partial charge in [0.2, 0.25) is 8.32 Å². The zero-order valence-electron chi connectivity index (χ0n) is 21.9. The molecule has 1 aliphatic heterocycles. The van der Waals surface area contributed by atoms with Crippen molar-refractivity contribution < 1.29 is 28.2 Å². The van der Waals surface area contributed by atoms with Crippen molar-refractivity contribution in [1.82, 2.24) is 0 Å². The van der Waals surface area contributed by atoms with Crippen LogP contribution in [0.2, 0.25) is 16.6 Å². The van der Waals surface area contributed by atoms with E-state index in [4.69, 9.17) is 23.4 Å². The van der Waals surface area contributed by atoms with Crippen molar-refractivity contribution in [1.29, 1.82) is 0 Å². The third-order valence-corrected chi connectivity index (χ3v) is 13.4. The summed E-state index contributed by atoms with van der Waals surface area (Å²) in [5, 5.41) is 0. The molecule has 1 saturated heterocycles. The van der Waals surface area contributed by atoms with E-state index in [1.54, 1.807) is 20.3 Å². The standard InChI is InChI=1S/C25H46O6Si/c1-17(2)32(18(3)4,19(5)6)30-20-14-15-21(26)25(23(20)29-24(7,8)31-25)16-12-11-13-22(27-9)28-10/h14-15,17-20,22-23H,11-13,16H2,1-10H3/t20-,23+,25-/m0/s1. The van der Waals surface area contributed by atoms with Crippen LogP contribution < -0.4 is 0 Å². The lowest BCUT2D eigenvalue weighted by Crippen LogP contribution is -2.59. The van der Waals surface area contributed by atoms with Gasteiger partial charge in [0.15, 0.2) is 23.5 Å². The molecule has 6 nitrogen and oxygen atoms in total. The van der Waals surface area contributed by atoms with Gasteiger partial charge in [-0.15, -0.1) is 0 Å². The van der Waals surface area contributed by atoms with Crippen LogP contribution in [0.25, 0.3) is 0 Å². The molecule has 0 spiro atoms. The molecule has 0 amide bonds. The molecule has 0 unspecified atom stereocenters. The van der Waals surface area contributed by atoms with E-state index >= 15 is 0 Å². The van der Waals surface area contributed by atoms with E-state index in [-0.39, 0.29) is 18.2 Å². The minimum absolute atomic E-state index is 0.0196. The third kappa shape index (κ3) is 5.39. The zero-order chi connectivity index (χ0) is 24.3. The van der Waals surface area contributed by atoms with Crippen LogP contribution in [-0.2, 0) is 28.2 Å². The first-order chi connectivity index (χ1) is 14.9.